The quantitative estimate of drug-likeness (QED) is 0.805. The Balaban J connectivity index is 1.57. The van der Waals surface area contributed by atoms with Gasteiger partial charge in [0.15, 0.2) is 0 Å². The molecule has 0 saturated carbocycles. The molecule has 2 aromatic rings. The molecule has 3 heteroatoms. The van der Waals surface area contributed by atoms with Crippen LogP contribution >= 0.6 is 0 Å². The number of ether oxygens (including phenoxy) is 2. The summed E-state index contributed by atoms with van der Waals surface area (Å²) in [6.07, 6.45) is 0. The van der Waals surface area contributed by atoms with E-state index < -0.39 is 0 Å². The van der Waals surface area contributed by atoms with Crippen LogP contribution in [0.3, 0.4) is 0 Å². The first kappa shape index (κ1) is 17.0. The summed E-state index contributed by atoms with van der Waals surface area (Å²) in [5, 5.41) is 0. The van der Waals surface area contributed by atoms with Gasteiger partial charge in [0, 0.05) is 25.6 Å². The molecule has 1 aliphatic heterocycles. The molecule has 24 heavy (non-hydrogen) atoms. The van der Waals surface area contributed by atoms with Gasteiger partial charge in [-0.15, -0.1) is 0 Å². The van der Waals surface area contributed by atoms with Gasteiger partial charge < -0.3 is 9.47 Å². The van der Waals surface area contributed by atoms with Crippen LogP contribution in [0, 0.1) is 6.92 Å². The molecule has 1 aliphatic rings. The van der Waals surface area contributed by atoms with E-state index in [1.807, 2.05) is 6.07 Å². The normalized spacial score (nSPS) is 16.8. The zero-order valence-corrected chi connectivity index (χ0v) is 14.7. The highest BCUT2D eigenvalue weighted by Crippen LogP contribution is 2.27. The van der Waals surface area contributed by atoms with Crippen molar-refractivity contribution in [2.75, 3.05) is 39.5 Å². The smallest absolute Gasteiger partial charge is 0.119 e. The van der Waals surface area contributed by atoms with Crippen LogP contribution in [0.1, 0.15) is 29.5 Å². The first-order valence-electron chi connectivity index (χ1n) is 8.82. The fraction of sp³-hybridized carbons (Fsp3) is 0.429. The Kier molecular flexibility index (Phi) is 5.89. The van der Waals surface area contributed by atoms with Gasteiger partial charge in [-0.3, -0.25) is 4.90 Å². The van der Waals surface area contributed by atoms with Crippen molar-refractivity contribution in [2.24, 2.45) is 0 Å². The highest BCUT2D eigenvalue weighted by atomic mass is 16.5. The molecule has 1 saturated heterocycles. The minimum absolute atomic E-state index is 0.369. The molecule has 0 N–H and O–H groups in total. The topological polar surface area (TPSA) is 21.7 Å². The first-order chi connectivity index (χ1) is 11.7. The monoisotopic (exact) mass is 325 g/mol. The Hall–Kier alpha value is -1.84. The number of benzene rings is 2. The van der Waals surface area contributed by atoms with Crippen molar-refractivity contribution in [3.63, 3.8) is 0 Å². The minimum Gasteiger partial charge on any atom is -0.492 e. The molecule has 0 radical (unpaired) electrons. The molecule has 2 aromatic carbocycles. The molecule has 0 amide bonds. The molecule has 0 aliphatic carbocycles. The van der Waals surface area contributed by atoms with E-state index >= 15 is 0 Å². The summed E-state index contributed by atoms with van der Waals surface area (Å²) in [7, 11) is 0. The van der Waals surface area contributed by atoms with Crippen LogP contribution in [0.2, 0.25) is 0 Å². The molecule has 0 spiro atoms. The van der Waals surface area contributed by atoms with E-state index in [9.17, 15) is 0 Å². The Bertz CT molecular complexity index is 633. The summed E-state index contributed by atoms with van der Waals surface area (Å²) in [5.41, 5.74) is 3.93. The van der Waals surface area contributed by atoms with Crippen molar-refractivity contribution in [1.29, 1.82) is 0 Å². The summed E-state index contributed by atoms with van der Waals surface area (Å²) in [4.78, 5) is 2.39. The Morgan fingerprint density at radius 2 is 1.79 bits per heavy atom. The summed E-state index contributed by atoms with van der Waals surface area (Å²) in [5.74, 6) is 1.33. The predicted octanol–water partition coefficient (Wildman–Crippen LogP) is 3.86. The molecule has 3 rings (SSSR count). The molecule has 0 aromatic heterocycles. The van der Waals surface area contributed by atoms with Gasteiger partial charge in [-0.05, 0) is 30.2 Å². The Labute approximate surface area is 145 Å². The van der Waals surface area contributed by atoms with E-state index in [1.165, 1.54) is 16.7 Å². The lowest BCUT2D eigenvalue weighted by atomic mass is 9.92. The molecule has 128 valence electrons. The van der Waals surface area contributed by atoms with E-state index in [1.54, 1.807) is 0 Å². The Morgan fingerprint density at radius 1 is 1.04 bits per heavy atom. The van der Waals surface area contributed by atoms with Gasteiger partial charge in [0.25, 0.3) is 0 Å². The number of aryl methyl sites for hydroxylation is 1. The number of nitrogens with zero attached hydrogens (tertiary/aromatic N) is 1. The summed E-state index contributed by atoms with van der Waals surface area (Å²) >= 11 is 0. The molecule has 3 nitrogen and oxygen atoms in total. The maximum Gasteiger partial charge on any atom is 0.119 e. The molecule has 1 atom stereocenters. The van der Waals surface area contributed by atoms with Gasteiger partial charge in [-0.1, -0.05) is 48.9 Å². The lowest BCUT2D eigenvalue weighted by Gasteiger charge is -2.26. The van der Waals surface area contributed by atoms with Gasteiger partial charge in [0.05, 0.1) is 13.2 Å². The van der Waals surface area contributed by atoms with Gasteiger partial charge in [0.2, 0.25) is 0 Å². The number of hydrogen-bond donors (Lipinski definition) is 0. The third-order valence-electron chi connectivity index (χ3n) is 4.72. The van der Waals surface area contributed by atoms with Gasteiger partial charge >= 0.3 is 0 Å². The average molecular weight is 325 g/mol. The average Bonchev–Trinajstić information content (AvgIpc) is 2.63. The third-order valence-corrected chi connectivity index (χ3v) is 4.72. The van der Waals surface area contributed by atoms with E-state index in [2.05, 4.69) is 61.2 Å². The van der Waals surface area contributed by atoms with Crippen LogP contribution in [0.15, 0.2) is 48.5 Å². The van der Waals surface area contributed by atoms with E-state index in [4.69, 9.17) is 9.47 Å². The molecule has 1 unspecified atom stereocenters. The number of hydrogen-bond acceptors (Lipinski definition) is 3. The molecule has 1 fully saturated rings. The zero-order chi connectivity index (χ0) is 16.8. The summed E-state index contributed by atoms with van der Waals surface area (Å²) in [6, 6.07) is 17.3. The second kappa shape index (κ2) is 8.32. The van der Waals surface area contributed by atoms with Crippen molar-refractivity contribution in [1.82, 2.24) is 4.90 Å². The first-order valence-corrected chi connectivity index (χ1v) is 8.82. The summed E-state index contributed by atoms with van der Waals surface area (Å²) in [6.45, 7) is 9.74. The lowest BCUT2D eigenvalue weighted by molar-refractivity contribution is 0.0322. The van der Waals surface area contributed by atoms with Gasteiger partial charge in [-0.25, -0.2) is 0 Å². The van der Waals surface area contributed by atoms with Crippen molar-refractivity contribution in [3.8, 4) is 5.75 Å². The second-order valence-corrected chi connectivity index (χ2v) is 6.51. The van der Waals surface area contributed by atoms with E-state index in [0.29, 0.717) is 5.92 Å². The maximum atomic E-state index is 5.97. The zero-order valence-electron chi connectivity index (χ0n) is 14.7. The van der Waals surface area contributed by atoms with Crippen molar-refractivity contribution < 1.29 is 9.47 Å². The van der Waals surface area contributed by atoms with Crippen molar-refractivity contribution >= 4 is 0 Å². The maximum absolute atomic E-state index is 5.97. The lowest BCUT2D eigenvalue weighted by Crippen LogP contribution is -2.38. The molecule has 0 bridgehead atoms. The van der Waals surface area contributed by atoms with Crippen LogP contribution < -0.4 is 4.74 Å². The van der Waals surface area contributed by atoms with Crippen LogP contribution in [0.4, 0.5) is 0 Å². The van der Waals surface area contributed by atoms with Gasteiger partial charge in [-0.2, -0.15) is 0 Å². The van der Waals surface area contributed by atoms with E-state index in [-0.39, 0.29) is 0 Å². The SMILES string of the molecule is Cc1ccc(C(C)c2cccc(OCCN3CCOCC3)c2)cc1. The largest absolute Gasteiger partial charge is 0.492 e. The molecule has 1 heterocycles. The van der Waals surface area contributed by atoms with Crippen LogP contribution in [0.25, 0.3) is 0 Å². The second-order valence-electron chi connectivity index (χ2n) is 6.51. The van der Waals surface area contributed by atoms with Crippen LogP contribution in [-0.2, 0) is 4.74 Å². The highest BCUT2D eigenvalue weighted by molar-refractivity contribution is 5.37. The van der Waals surface area contributed by atoms with Crippen molar-refractivity contribution in [2.45, 2.75) is 19.8 Å². The summed E-state index contributed by atoms with van der Waals surface area (Å²) < 4.78 is 11.3. The van der Waals surface area contributed by atoms with Crippen LogP contribution in [-0.4, -0.2) is 44.4 Å². The molecular formula is C21H27NO2. The fourth-order valence-corrected chi connectivity index (χ4v) is 3.04. The molecular weight excluding hydrogens is 298 g/mol. The number of morpholine rings is 1. The number of rotatable bonds is 6. The van der Waals surface area contributed by atoms with Crippen LogP contribution in [0.5, 0.6) is 5.75 Å². The van der Waals surface area contributed by atoms with Crippen molar-refractivity contribution in [3.05, 3.63) is 65.2 Å². The standard InChI is InChI=1S/C21H27NO2/c1-17-6-8-19(9-7-17)18(2)20-4-3-5-21(16-20)24-15-12-22-10-13-23-14-11-22/h3-9,16,18H,10-15H2,1-2H3. The van der Waals surface area contributed by atoms with E-state index in [0.717, 1.165) is 45.2 Å². The highest BCUT2D eigenvalue weighted by Gasteiger charge is 2.11. The predicted molar refractivity (Wildman–Crippen MR) is 97.9 cm³/mol. The fourth-order valence-electron chi connectivity index (χ4n) is 3.04. The third kappa shape index (κ3) is 4.59. The minimum atomic E-state index is 0.369. The van der Waals surface area contributed by atoms with Gasteiger partial charge in [0.1, 0.15) is 12.4 Å². The Morgan fingerprint density at radius 3 is 2.54 bits per heavy atom.